The minimum absolute atomic E-state index is 0.00204. The summed E-state index contributed by atoms with van der Waals surface area (Å²) in [4.78, 5) is 125. The smallest absolute Gasteiger partial charge is 0.416 e. The molecule has 0 spiro atoms. The van der Waals surface area contributed by atoms with E-state index in [2.05, 4.69) is 26.6 Å². The third-order valence-electron chi connectivity index (χ3n) is 17.0. The molecule has 29 heteroatoms. The number of benzene rings is 4. The van der Waals surface area contributed by atoms with Crippen LogP contribution >= 0.6 is 0 Å². The SMILES string of the molecule is COc1cc2c(cc1OCCCCCOc1cc3c(cc1OC)C(=O)N1C=C(C)C[C@H]1[C@H](O)N3C(=O)OCc1ccc(NC(=O)[C@@H](C)NC(=O)[C@H](N)C(C)C)cc1)N(C(=O)OCc1ccc(NC(=O)OCCOCCC(=O)N[C@@H](C(=O)NC(C)C)C(C)C)cc1)[C@@H](O)[C@@H]1CC(C)=CN1C2=O. The number of nitrogens with zero attached hydrogens (tertiary/aromatic N) is 4. The van der Waals surface area contributed by atoms with Gasteiger partial charge >= 0.3 is 18.3 Å². The Morgan fingerprint density at radius 2 is 1.03 bits per heavy atom. The second kappa shape index (κ2) is 34.7. The van der Waals surface area contributed by atoms with Gasteiger partial charge in [-0.1, -0.05) is 63.1 Å². The Kier molecular flexibility index (Phi) is 26.3. The van der Waals surface area contributed by atoms with E-state index in [0.29, 0.717) is 41.8 Å². The number of methoxy groups -OCH3 is 2. The van der Waals surface area contributed by atoms with Crippen molar-refractivity contribution in [3.8, 4) is 23.0 Å². The third-order valence-corrected chi connectivity index (χ3v) is 17.0. The zero-order chi connectivity index (χ0) is 72.6. The van der Waals surface area contributed by atoms with Crippen molar-refractivity contribution in [2.24, 2.45) is 17.6 Å². The number of fused-ring (bicyclic) bond motifs is 4. The predicted molar refractivity (Wildman–Crippen MR) is 367 cm³/mol. The molecule has 8 rings (SSSR count). The van der Waals surface area contributed by atoms with Crippen molar-refractivity contribution < 1.29 is 91.3 Å². The van der Waals surface area contributed by atoms with Crippen molar-refractivity contribution in [2.75, 3.05) is 67.7 Å². The highest BCUT2D eigenvalue weighted by atomic mass is 16.6. The molecule has 4 aromatic rings. The molecule has 4 heterocycles. The fourth-order valence-corrected chi connectivity index (χ4v) is 11.5. The lowest BCUT2D eigenvalue weighted by Crippen LogP contribution is -2.51. The highest BCUT2D eigenvalue weighted by molar-refractivity contribution is 6.08. The van der Waals surface area contributed by atoms with Gasteiger partial charge in [-0.05, 0) is 126 Å². The van der Waals surface area contributed by atoms with E-state index < -0.39 is 84.6 Å². The topological polar surface area (TPSA) is 367 Å². The first-order valence-electron chi connectivity index (χ1n) is 33.3. The van der Waals surface area contributed by atoms with Crippen molar-refractivity contribution in [2.45, 2.75) is 163 Å². The van der Waals surface area contributed by atoms with E-state index >= 15 is 0 Å². The number of aliphatic hydroxyl groups is 2. The van der Waals surface area contributed by atoms with Crippen molar-refractivity contribution in [3.63, 3.8) is 0 Å². The lowest BCUT2D eigenvalue weighted by molar-refractivity contribution is -0.130. The average molecular weight is 1390 g/mol. The van der Waals surface area contributed by atoms with E-state index in [0.717, 1.165) is 20.9 Å². The van der Waals surface area contributed by atoms with Gasteiger partial charge in [-0.25, -0.2) is 24.2 Å². The van der Waals surface area contributed by atoms with Gasteiger partial charge < -0.3 is 84.9 Å². The molecule has 100 heavy (non-hydrogen) atoms. The Morgan fingerprint density at radius 3 is 1.48 bits per heavy atom. The van der Waals surface area contributed by atoms with Crippen molar-refractivity contribution >= 4 is 76.5 Å². The zero-order valence-electron chi connectivity index (χ0n) is 58.2. The van der Waals surface area contributed by atoms with Crippen LogP contribution in [0.5, 0.6) is 23.0 Å². The summed E-state index contributed by atoms with van der Waals surface area (Å²) in [7, 11) is 2.82. The van der Waals surface area contributed by atoms with Crippen LogP contribution in [0.2, 0.25) is 0 Å². The summed E-state index contributed by atoms with van der Waals surface area (Å²) >= 11 is 0. The molecule has 0 saturated heterocycles. The molecule has 4 aliphatic heterocycles. The van der Waals surface area contributed by atoms with Crippen LogP contribution in [0, 0.1) is 11.8 Å². The molecular formula is C71H92N10O19. The highest BCUT2D eigenvalue weighted by Crippen LogP contribution is 2.44. The number of hydrogen-bond acceptors (Lipinski definition) is 20. The minimum Gasteiger partial charge on any atom is -0.493 e. The molecule has 9 N–H and O–H groups in total. The molecule has 4 aromatic carbocycles. The van der Waals surface area contributed by atoms with Gasteiger partial charge in [-0.2, -0.15) is 0 Å². The lowest BCUT2D eigenvalue weighted by atomic mass is 10.0. The minimum atomic E-state index is -1.56. The quantitative estimate of drug-likeness (QED) is 0.0184. The summed E-state index contributed by atoms with van der Waals surface area (Å²) < 4.78 is 46.2. The maximum Gasteiger partial charge on any atom is 0.416 e. The summed E-state index contributed by atoms with van der Waals surface area (Å²) in [5.41, 5.74) is 9.53. The van der Waals surface area contributed by atoms with Gasteiger partial charge in [0.2, 0.25) is 23.6 Å². The van der Waals surface area contributed by atoms with Crippen molar-refractivity contribution in [1.29, 1.82) is 0 Å². The maximum absolute atomic E-state index is 14.3. The average Bonchev–Trinajstić information content (AvgIpc) is 1.58. The number of nitrogens with two attached hydrogens (primary N) is 1. The Hall–Kier alpha value is -9.97. The molecule has 9 amide bonds. The number of anilines is 4. The third kappa shape index (κ3) is 19.1. The molecule has 540 valence electrons. The first-order chi connectivity index (χ1) is 47.7. The molecular weight excluding hydrogens is 1300 g/mol. The highest BCUT2D eigenvalue weighted by Gasteiger charge is 2.47. The van der Waals surface area contributed by atoms with Crippen LogP contribution in [-0.4, -0.2) is 170 Å². The first kappa shape index (κ1) is 75.8. The number of carbonyl (C=O) groups excluding carboxylic acids is 9. The Morgan fingerprint density at radius 1 is 0.550 bits per heavy atom. The van der Waals surface area contributed by atoms with Gasteiger partial charge in [0.05, 0.1) is 81.3 Å². The Labute approximate surface area is 580 Å². The van der Waals surface area contributed by atoms with Gasteiger partial charge in [-0.3, -0.25) is 34.1 Å². The van der Waals surface area contributed by atoms with Crippen molar-refractivity contribution in [3.05, 3.63) is 119 Å². The number of unbranched alkanes of at least 4 members (excludes halogenated alkanes) is 2. The maximum atomic E-state index is 14.3. The van der Waals surface area contributed by atoms with Crippen LogP contribution in [0.1, 0.15) is 133 Å². The number of rotatable bonds is 30. The largest absolute Gasteiger partial charge is 0.493 e. The van der Waals surface area contributed by atoms with E-state index in [9.17, 15) is 53.4 Å². The van der Waals surface area contributed by atoms with Gasteiger partial charge in [0.15, 0.2) is 35.5 Å². The fourth-order valence-electron chi connectivity index (χ4n) is 11.5. The molecule has 0 aromatic heterocycles. The standard InChI is InChI=1S/C71H92N10O19/c1-39(2)60(72)63(84)74-44(9)62(83)75-47-19-15-45(16-20-47)37-99-70(91)80-51-33-57(55(93-10)31-49(51)65(86)78-35-42(7)29-53(78)67(80)88)96-24-13-12-14-25-97-58-34-52-50(32-56(58)94-11)66(87)79-36-43(8)30-54(79)68(89)81(52)71(92)100-38-46-17-21-48(22-18-46)76-69(90)98-28-27-95-26-23-59(82)77-61(40(3)4)64(85)73-41(5)6/h15-22,31-36,39-41,44,53-54,60-61,67-68,88-89H,12-14,23-30,37-38,72H2,1-11H3,(H,73,85)(H,74,84)(H,75,83)(H,76,90)(H,77,82)/t44-,53+,54+,60-,61-,67+,68+/m1/s1. The van der Waals surface area contributed by atoms with E-state index in [1.807, 2.05) is 41.5 Å². The first-order valence-corrected chi connectivity index (χ1v) is 33.3. The van der Waals surface area contributed by atoms with Crippen LogP contribution < -0.4 is 61.1 Å². The molecule has 0 aliphatic carbocycles. The lowest BCUT2D eigenvalue weighted by Gasteiger charge is -2.31. The number of nitrogens with one attached hydrogen (secondary N) is 5. The monoisotopic (exact) mass is 1390 g/mol. The van der Waals surface area contributed by atoms with E-state index in [1.54, 1.807) is 81.7 Å². The number of carbonyl (C=O) groups is 9. The van der Waals surface area contributed by atoms with Gasteiger partial charge in [0.25, 0.3) is 11.8 Å². The molecule has 0 bridgehead atoms. The molecule has 0 fully saturated rings. The second-order valence-electron chi connectivity index (χ2n) is 25.9. The van der Waals surface area contributed by atoms with Crippen LogP contribution in [-0.2, 0) is 51.3 Å². The second-order valence-corrected chi connectivity index (χ2v) is 25.9. The van der Waals surface area contributed by atoms with Crippen LogP contribution in [0.4, 0.5) is 37.1 Å². The molecule has 0 saturated carbocycles. The number of amides is 9. The van der Waals surface area contributed by atoms with Gasteiger partial charge in [-0.15, -0.1) is 0 Å². The number of aliphatic hydroxyl groups excluding tert-OH is 2. The van der Waals surface area contributed by atoms with E-state index in [4.69, 9.17) is 43.6 Å². The summed E-state index contributed by atoms with van der Waals surface area (Å²) in [5, 5.41) is 37.4. The van der Waals surface area contributed by atoms with Gasteiger partial charge in [0, 0.05) is 48.4 Å². The van der Waals surface area contributed by atoms with Crippen LogP contribution in [0.3, 0.4) is 0 Å². The van der Waals surface area contributed by atoms with Crippen molar-refractivity contribution in [1.82, 2.24) is 25.8 Å². The molecule has 0 unspecified atom stereocenters. The number of ether oxygens (including phenoxy) is 8. The van der Waals surface area contributed by atoms with E-state index in [1.165, 1.54) is 48.3 Å². The summed E-state index contributed by atoms with van der Waals surface area (Å²) in [6.45, 7) is 15.8. The summed E-state index contributed by atoms with van der Waals surface area (Å²) in [5.74, 6) is -2.03. The zero-order valence-corrected chi connectivity index (χ0v) is 58.2. The number of hydrogen-bond donors (Lipinski definition) is 8. The Bertz CT molecular complexity index is 3690. The van der Waals surface area contributed by atoms with Crippen LogP contribution in [0.15, 0.2) is 96.3 Å². The molecule has 4 aliphatic rings. The molecule has 0 radical (unpaired) electrons. The van der Waals surface area contributed by atoms with Crippen LogP contribution in [0.25, 0.3) is 0 Å². The van der Waals surface area contributed by atoms with Gasteiger partial charge in [0.1, 0.15) is 31.9 Å². The predicted octanol–water partition coefficient (Wildman–Crippen LogP) is 7.57. The Balaban J connectivity index is 0.849. The summed E-state index contributed by atoms with van der Waals surface area (Å²) in [6, 6.07) is 14.6. The summed E-state index contributed by atoms with van der Waals surface area (Å²) in [6.07, 6.45) is -0.468. The molecule has 7 atom stereocenters. The normalized spacial score (nSPS) is 17.8. The molecule has 29 nitrogen and oxygen atoms in total. The fraction of sp³-hybridized carbons (Fsp3) is 0.479. The van der Waals surface area contributed by atoms with E-state index in [-0.39, 0.29) is 141 Å².